The van der Waals surface area contributed by atoms with Crippen molar-refractivity contribution in [2.75, 3.05) is 7.11 Å². The van der Waals surface area contributed by atoms with Gasteiger partial charge in [0.25, 0.3) is 0 Å². The van der Waals surface area contributed by atoms with Crippen molar-refractivity contribution < 1.29 is 9.53 Å². The van der Waals surface area contributed by atoms with E-state index in [1.165, 1.54) is 7.11 Å². The molecule has 0 saturated heterocycles. The van der Waals surface area contributed by atoms with E-state index >= 15 is 0 Å². The van der Waals surface area contributed by atoms with E-state index in [1.807, 2.05) is 18.2 Å². The van der Waals surface area contributed by atoms with Crippen LogP contribution in [0.4, 0.5) is 0 Å². The number of halogens is 2. The van der Waals surface area contributed by atoms with Crippen LogP contribution in [0.3, 0.4) is 0 Å². The van der Waals surface area contributed by atoms with Gasteiger partial charge < -0.3 is 4.74 Å². The molecule has 0 fully saturated rings. The quantitative estimate of drug-likeness (QED) is 0.793. The van der Waals surface area contributed by atoms with Gasteiger partial charge in [-0.3, -0.25) is 4.79 Å². The third-order valence-electron chi connectivity index (χ3n) is 1.84. The molecule has 0 spiro atoms. The van der Waals surface area contributed by atoms with E-state index in [9.17, 15) is 4.79 Å². The van der Waals surface area contributed by atoms with Crippen LogP contribution in [0.15, 0.2) is 22.7 Å². The summed E-state index contributed by atoms with van der Waals surface area (Å²) in [5, 5.41) is 0.670. The molecule has 1 aromatic carbocycles. The van der Waals surface area contributed by atoms with Gasteiger partial charge in [-0.1, -0.05) is 33.6 Å². The van der Waals surface area contributed by atoms with Gasteiger partial charge in [0.15, 0.2) is 0 Å². The summed E-state index contributed by atoms with van der Waals surface area (Å²) in [5.41, 5.74) is 0.959. The van der Waals surface area contributed by atoms with E-state index in [0.717, 1.165) is 10.0 Å². The molecule has 0 unspecified atom stereocenters. The second-order valence-corrected chi connectivity index (χ2v) is 4.13. The smallest absolute Gasteiger partial charge is 0.305 e. The lowest BCUT2D eigenvalue weighted by Crippen LogP contribution is -2.02. The van der Waals surface area contributed by atoms with Crippen LogP contribution in [0.5, 0.6) is 0 Å². The Labute approximate surface area is 96.3 Å². The molecule has 0 aliphatic heterocycles. The van der Waals surface area contributed by atoms with E-state index in [1.54, 1.807) is 0 Å². The first kappa shape index (κ1) is 11.5. The van der Waals surface area contributed by atoms with Crippen molar-refractivity contribution in [3.63, 3.8) is 0 Å². The molecule has 1 aromatic rings. The average molecular weight is 278 g/mol. The van der Waals surface area contributed by atoms with Gasteiger partial charge in [-0.05, 0) is 24.1 Å². The zero-order chi connectivity index (χ0) is 10.6. The van der Waals surface area contributed by atoms with Gasteiger partial charge >= 0.3 is 5.97 Å². The highest BCUT2D eigenvalue weighted by Gasteiger charge is 2.04. The summed E-state index contributed by atoms with van der Waals surface area (Å²) >= 11 is 9.29. The molecule has 0 heterocycles. The number of aryl methyl sites for hydroxylation is 1. The normalized spacial score (nSPS) is 9.93. The maximum Gasteiger partial charge on any atom is 0.305 e. The molecule has 76 valence electrons. The van der Waals surface area contributed by atoms with Crippen LogP contribution in [0.2, 0.25) is 5.02 Å². The molecular weight excluding hydrogens is 267 g/mol. The van der Waals surface area contributed by atoms with Crippen molar-refractivity contribution in [3.05, 3.63) is 33.3 Å². The highest BCUT2D eigenvalue weighted by molar-refractivity contribution is 9.10. The first-order chi connectivity index (χ1) is 6.63. The third-order valence-corrected chi connectivity index (χ3v) is 2.69. The molecule has 4 heteroatoms. The van der Waals surface area contributed by atoms with Crippen LogP contribution in [0, 0.1) is 0 Å². The van der Waals surface area contributed by atoms with Crippen molar-refractivity contribution in [1.82, 2.24) is 0 Å². The first-order valence-corrected chi connectivity index (χ1v) is 5.31. The largest absolute Gasteiger partial charge is 0.469 e. The molecule has 0 amide bonds. The average Bonchev–Trinajstić information content (AvgIpc) is 2.16. The molecule has 0 N–H and O–H groups in total. The topological polar surface area (TPSA) is 26.3 Å². The molecule has 0 aliphatic rings. The highest BCUT2D eigenvalue weighted by Crippen LogP contribution is 2.22. The third kappa shape index (κ3) is 3.31. The van der Waals surface area contributed by atoms with Crippen molar-refractivity contribution in [2.24, 2.45) is 0 Å². The number of benzene rings is 1. The minimum Gasteiger partial charge on any atom is -0.469 e. The van der Waals surface area contributed by atoms with Gasteiger partial charge in [0.1, 0.15) is 0 Å². The number of ether oxygens (including phenoxy) is 1. The predicted octanol–water partition coefficient (Wildman–Crippen LogP) is 3.21. The Morgan fingerprint density at radius 1 is 1.57 bits per heavy atom. The van der Waals surface area contributed by atoms with Crippen molar-refractivity contribution in [2.45, 2.75) is 12.8 Å². The lowest BCUT2D eigenvalue weighted by Gasteiger charge is -2.03. The van der Waals surface area contributed by atoms with E-state index in [0.29, 0.717) is 17.9 Å². The lowest BCUT2D eigenvalue weighted by atomic mass is 10.1. The number of esters is 1. The standard InChI is InChI=1S/C10H10BrClO2/c1-14-10(13)5-3-7-2-4-8(11)6-9(7)12/h2,4,6H,3,5H2,1H3. The fourth-order valence-corrected chi connectivity index (χ4v) is 1.83. The summed E-state index contributed by atoms with van der Waals surface area (Å²) in [6.07, 6.45) is 0.969. The Bertz CT molecular complexity index is 339. The van der Waals surface area contributed by atoms with Crippen LogP contribution in [0.1, 0.15) is 12.0 Å². The molecule has 0 saturated carbocycles. The Hall–Kier alpha value is -0.540. The van der Waals surface area contributed by atoms with Crippen molar-refractivity contribution in [1.29, 1.82) is 0 Å². The summed E-state index contributed by atoms with van der Waals surface area (Å²) < 4.78 is 5.48. The van der Waals surface area contributed by atoms with E-state index < -0.39 is 0 Å². The zero-order valence-electron chi connectivity index (χ0n) is 7.72. The van der Waals surface area contributed by atoms with Crippen LogP contribution in [-0.2, 0) is 16.0 Å². The number of hydrogen-bond donors (Lipinski definition) is 0. The minimum absolute atomic E-state index is 0.219. The van der Waals surface area contributed by atoms with Crippen molar-refractivity contribution >= 4 is 33.5 Å². The molecule has 1 rings (SSSR count). The van der Waals surface area contributed by atoms with Crippen molar-refractivity contribution in [3.8, 4) is 0 Å². The maximum atomic E-state index is 10.9. The fourth-order valence-electron chi connectivity index (χ4n) is 1.06. The van der Waals surface area contributed by atoms with Gasteiger partial charge in [0, 0.05) is 15.9 Å². The summed E-state index contributed by atoms with van der Waals surface area (Å²) in [7, 11) is 1.38. The highest BCUT2D eigenvalue weighted by atomic mass is 79.9. The van der Waals surface area contributed by atoms with Crippen LogP contribution in [-0.4, -0.2) is 13.1 Å². The van der Waals surface area contributed by atoms with Crippen LogP contribution >= 0.6 is 27.5 Å². The zero-order valence-corrected chi connectivity index (χ0v) is 10.1. The second-order valence-electron chi connectivity index (χ2n) is 2.81. The molecular formula is C10H10BrClO2. The van der Waals surface area contributed by atoms with Gasteiger partial charge in [0.05, 0.1) is 7.11 Å². The minimum atomic E-state index is -0.219. The molecule has 0 bridgehead atoms. The number of carbonyl (C=O) groups excluding carboxylic acids is 1. The summed E-state index contributed by atoms with van der Waals surface area (Å²) in [6, 6.07) is 5.61. The Balaban J connectivity index is 2.63. The number of methoxy groups -OCH3 is 1. The second kappa shape index (κ2) is 5.37. The summed E-state index contributed by atoms with van der Waals surface area (Å²) in [6.45, 7) is 0. The van der Waals surface area contributed by atoms with Gasteiger partial charge in [0.2, 0.25) is 0 Å². The molecule has 0 aromatic heterocycles. The number of carbonyl (C=O) groups is 1. The van der Waals surface area contributed by atoms with E-state index in [4.69, 9.17) is 11.6 Å². The number of rotatable bonds is 3. The predicted molar refractivity (Wildman–Crippen MR) is 59.5 cm³/mol. The van der Waals surface area contributed by atoms with E-state index in [-0.39, 0.29) is 5.97 Å². The lowest BCUT2D eigenvalue weighted by molar-refractivity contribution is -0.140. The Morgan fingerprint density at radius 2 is 2.29 bits per heavy atom. The number of hydrogen-bond acceptors (Lipinski definition) is 2. The fraction of sp³-hybridized carbons (Fsp3) is 0.300. The molecule has 14 heavy (non-hydrogen) atoms. The molecule has 0 atom stereocenters. The van der Waals surface area contributed by atoms with Crippen LogP contribution in [0.25, 0.3) is 0 Å². The first-order valence-electron chi connectivity index (χ1n) is 4.14. The van der Waals surface area contributed by atoms with Gasteiger partial charge in [-0.25, -0.2) is 0 Å². The van der Waals surface area contributed by atoms with Crippen LogP contribution < -0.4 is 0 Å². The Morgan fingerprint density at radius 3 is 2.86 bits per heavy atom. The molecule has 0 radical (unpaired) electrons. The van der Waals surface area contributed by atoms with Gasteiger partial charge in [-0.15, -0.1) is 0 Å². The Kier molecular flexibility index (Phi) is 4.42. The SMILES string of the molecule is COC(=O)CCc1ccc(Br)cc1Cl. The molecule has 0 aliphatic carbocycles. The summed E-state index contributed by atoms with van der Waals surface area (Å²) in [5.74, 6) is -0.219. The van der Waals surface area contributed by atoms with E-state index in [2.05, 4.69) is 20.7 Å². The maximum absolute atomic E-state index is 10.9. The summed E-state index contributed by atoms with van der Waals surface area (Å²) in [4.78, 5) is 10.9. The monoisotopic (exact) mass is 276 g/mol. The van der Waals surface area contributed by atoms with Gasteiger partial charge in [-0.2, -0.15) is 0 Å². The molecule has 2 nitrogen and oxygen atoms in total.